The van der Waals surface area contributed by atoms with Crippen molar-refractivity contribution in [2.75, 3.05) is 10.6 Å². The van der Waals surface area contributed by atoms with Gasteiger partial charge < -0.3 is 9.84 Å². The minimum Gasteiger partial charge on any atom is -0.478 e. The summed E-state index contributed by atoms with van der Waals surface area (Å²) in [6, 6.07) is 5.05. The topological polar surface area (TPSA) is 101 Å². The Labute approximate surface area is 123 Å². The lowest BCUT2D eigenvalue weighted by molar-refractivity contribution is 0.0606. The fourth-order valence-electron chi connectivity index (χ4n) is 1.50. The molecule has 1 aromatic carbocycles. The molecule has 7 nitrogen and oxygen atoms in total. The van der Waals surface area contributed by atoms with Gasteiger partial charge in [0.1, 0.15) is 5.60 Å². The molecule has 116 valence electrons. The average molecular weight is 315 g/mol. The van der Waals surface area contributed by atoms with Crippen LogP contribution in [-0.2, 0) is 14.8 Å². The summed E-state index contributed by atoms with van der Waals surface area (Å²) < 4.78 is 29.1. The molecule has 0 fully saturated rings. The molecule has 0 aliphatic rings. The Morgan fingerprint density at radius 1 is 1.24 bits per heavy atom. The summed E-state index contributed by atoms with van der Waals surface area (Å²) >= 11 is 0. The van der Waals surface area contributed by atoms with Gasteiger partial charge in [-0.15, -0.1) is 0 Å². The van der Waals surface area contributed by atoms with E-state index in [-0.39, 0.29) is 11.3 Å². The zero-order valence-corrected chi connectivity index (χ0v) is 13.0. The lowest BCUT2D eigenvalue weighted by atomic mass is 10.2. The Balaban J connectivity index is 3.31. The van der Waals surface area contributed by atoms with Crippen LogP contribution in [0, 0.1) is 0 Å². The monoisotopic (exact) mass is 315 g/mol. The lowest BCUT2D eigenvalue weighted by Gasteiger charge is -2.26. The van der Waals surface area contributed by atoms with Gasteiger partial charge >= 0.3 is 12.1 Å². The molecule has 0 aliphatic carbocycles. The molecular formula is C13H17NO6S. The van der Waals surface area contributed by atoms with E-state index in [0.717, 1.165) is 12.3 Å². The first-order chi connectivity index (χ1) is 9.42. The number of amides is 1. The summed E-state index contributed by atoms with van der Waals surface area (Å²) in [5, 5.41) is 8.93. The smallest absolute Gasteiger partial charge is 0.428 e. The van der Waals surface area contributed by atoms with E-state index in [1.807, 2.05) is 0 Å². The van der Waals surface area contributed by atoms with Crippen LogP contribution in [0.1, 0.15) is 31.1 Å². The van der Waals surface area contributed by atoms with Crippen LogP contribution in [0.25, 0.3) is 0 Å². The van der Waals surface area contributed by atoms with Crippen LogP contribution in [0.5, 0.6) is 0 Å². The van der Waals surface area contributed by atoms with Gasteiger partial charge in [0, 0.05) is 0 Å². The molecule has 0 heterocycles. The third-order valence-corrected chi connectivity index (χ3v) is 3.24. The SMILES string of the molecule is CC(C)(C)OC(=O)N(c1cccc(C(=O)O)c1)S(C)(=O)=O. The maximum Gasteiger partial charge on any atom is 0.428 e. The molecule has 21 heavy (non-hydrogen) atoms. The Morgan fingerprint density at radius 2 is 1.81 bits per heavy atom. The largest absolute Gasteiger partial charge is 0.478 e. The van der Waals surface area contributed by atoms with E-state index in [9.17, 15) is 18.0 Å². The van der Waals surface area contributed by atoms with Gasteiger partial charge in [0.25, 0.3) is 0 Å². The molecule has 1 rings (SSSR count). The quantitative estimate of drug-likeness (QED) is 0.916. The first-order valence-corrected chi connectivity index (χ1v) is 7.83. The summed E-state index contributed by atoms with van der Waals surface area (Å²) in [6.45, 7) is 4.79. The van der Waals surface area contributed by atoms with Crippen LogP contribution in [0.15, 0.2) is 24.3 Å². The molecule has 0 spiro atoms. The number of sulfonamides is 1. The molecule has 1 amide bonds. The number of carbonyl (C=O) groups excluding carboxylic acids is 1. The number of nitrogens with zero attached hydrogens (tertiary/aromatic N) is 1. The summed E-state index contributed by atoms with van der Waals surface area (Å²) in [7, 11) is -3.97. The van der Waals surface area contributed by atoms with Crippen LogP contribution < -0.4 is 4.31 Å². The van der Waals surface area contributed by atoms with E-state index < -0.39 is 27.7 Å². The van der Waals surface area contributed by atoms with Crippen LogP contribution in [0.2, 0.25) is 0 Å². The number of aromatic carboxylic acids is 1. The molecule has 1 N–H and O–H groups in total. The summed E-state index contributed by atoms with van der Waals surface area (Å²) in [5.41, 5.74) is -1.11. The molecule has 0 saturated heterocycles. The Hall–Kier alpha value is -2.09. The van der Waals surface area contributed by atoms with Crippen molar-refractivity contribution >= 4 is 27.8 Å². The minimum absolute atomic E-state index is 0.0911. The van der Waals surface area contributed by atoms with E-state index in [4.69, 9.17) is 9.84 Å². The zero-order valence-electron chi connectivity index (χ0n) is 12.2. The van der Waals surface area contributed by atoms with Crippen molar-refractivity contribution in [1.82, 2.24) is 0 Å². The molecule has 0 aromatic heterocycles. The number of hydrogen-bond donors (Lipinski definition) is 1. The average Bonchev–Trinajstić information content (AvgIpc) is 2.24. The van der Waals surface area contributed by atoms with Gasteiger partial charge in [-0.2, -0.15) is 4.31 Å². The fourth-order valence-corrected chi connectivity index (χ4v) is 2.31. The number of hydrogen-bond acceptors (Lipinski definition) is 5. The highest BCUT2D eigenvalue weighted by molar-refractivity contribution is 7.92. The predicted molar refractivity (Wildman–Crippen MR) is 77.0 cm³/mol. The van der Waals surface area contributed by atoms with Gasteiger partial charge in [0.15, 0.2) is 0 Å². The van der Waals surface area contributed by atoms with Crippen molar-refractivity contribution in [1.29, 1.82) is 0 Å². The van der Waals surface area contributed by atoms with Crippen molar-refractivity contribution in [3.8, 4) is 0 Å². The maximum atomic E-state index is 12.1. The fraction of sp³-hybridized carbons (Fsp3) is 0.385. The first-order valence-electron chi connectivity index (χ1n) is 5.98. The van der Waals surface area contributed by atoms with E-state index in [2.05, 4.69) is 0 Å². The number of carboxylic acids is 1. The highest BCUT2D eigenvalue weighted by Crippen LogP contribution is 2.22. The van der Waals surface area contributed by atoms with Gasteiger partial charge in [-0.25, -0.2) is 18.0 Å². The predicted octanol–water partition coefficient (Wildman–Crippen LogP) is 2.09. The number of carbonyl (C=O) groups is 2. The van der Waals surface area contributed by atoms with Gasteiger partial charge in [-0.05, 0) is 39.0 Å². The van der Waals surface area contributed by atoms with Gasteiger partial charge in [-0.1, -0.05) is 6.07 Å². The van der Waals surface area contributed by atoms with Crippen LogP contribution >= 0.6 is 0 Å². The van der Waals surface area contributed by atoms with Crippen molar-refractivity contribution in [3.05, 3.63) is 29.8 Å². The van der Waals surface area contributed by atoms with Gasteiger partial charge in [0.05, 0.1) is 17.5 Å². The highest BCUT2D eigenvalue weighted by atomic mass is 32.2. The first kappa shape index (κ1) is 17.0. The summed E-state index contributed by atoms with van der Waals surface area (Å²) in [6.07, 6.45) is -0.253. The normalized spacial score (nSPS) is 11.8. The van der Waals surface area contributed by atoms with Gasteiger partial charge in [-0.3, -0.25) is 0 Å². The summed E-state index contributed by atoms with van der Waals surface area (Å²) in [5.74, 6) is -1.23. The number of anilines is 1. The third kappa shape index (κ3) is 4.75. The Bertz CT molecular complexity index is 659. The van der Waals surface area contributed by atoms with Crippen molar-refractivity contribution in [2.24, 2.45) is 0 Å². The molecule has 0 bridgehead atoms. The van der Waals surface area contributed by atoms with Crippen LogP contribution in [-0.4, -0.2) is 37.4 Å². The lowest BCUT2D eigenvalue weighted by Crippen LogP contribution is -2.40. The van der Waals surface area contributed by atoms with E-state index in [0.29, 0.717) is 4.31 Å². The molecule has 0 unspecified atom stereocenters. The molecule has 1 aromatic rings. The number of carboxylic acid groups (broad SMARTS) is 1. The van der Waals surface area contributed by atoms with Gasteiger partial charge in [0.2, 0.25) is 10.0 Å². The third-order valence-electron chi connectivity index (χ3n) is 2.22. The number of ether oxygens (including phenoxy) is 1. The minimum atomic E-state index is -3.97. The van der Waals surface area contributed by atoms with E-state index >= 15 is 0 Å². The summed E-state index contributed by atoms with van der Waals surface area (Å²) in [4.78, 5) is 23.0. The second-order valence-electron chi connectivity index (χ2n) is 5.36. The van der Waals surface area contributed by atoms with E-state index in [1.54, 1.807) is 20.8 Å². The van der Waals surface area contributed by atoms with Crippen molar-refractivity contribution in [2.45, 2.75) is 26.4 Å². The van der Waals surface area contributed by atoms with E-state index in [1.165, 1.54) is 18.2 Å². The van der Waals surface area contributed by atoms with Crippen LogP contribution in [0.4, 0.5) is 10.5 Å². The molecule has 0 saturated carbocycles. The molecular weight excluding hydrogens is 298 g/mol. The maximum absolute atomic E-state index is 12.1. The second kappa shape index (κ2) is 5.72. The highest BCUT2D eigenvalue weighted by Gasteiger charge is 2.30. The van der Waals surface area contributed by atoms with Crippen LogP contribution in [0.3, 0.4) is 0 Å². The number of rotatable bonds is 3. The molecule has 0 radical (unpaired) electrons. The number of benzene rings is 1. The second-order valence-corrected chi connectivity index (χ2v) is 7.19. The molecule has 0 aliphatic heterocycles. The molecule has 0 atom stereocenters. The van der Waals surface area contributed by atoms with Crippen molar-refractivity contribution < 1.29 is 27.9 Å². The standard InChI is InChI=1S/C13H17NO6S/c1-13(2,3)20-12(17)14(21(4,18)19)10-7-5-6-9(8-10)11(15)16/h5-8H,1-4H3,(H,15,16). The van der Waals surface area contributed by atoms with Crippen molar-refractivity contribution in [3.63, 3.8) is 0 Å². The zero-order chi connectivity index (χ0) is 16.4. The Morgan fingerprint density at radius 3 is 2.24 bits per heavy atom. The molecule has 8 heteroatoms. The Kier molecular flexibility index (Phi) is 4.62.